The molecule has 0 aliphatic carbocycles. The summed E-state index contributed by atoms with van der Waals surface area (Å²) >= 11 is 0. The maximum atomic E-state index is 12.5. The topological polar surface area (TPSA) is 130 Å². The molecule has 0 aliphatic heterocycles. The van der Waals surface area contributed by atoms with E-state index in [1.54, 1.807) is 0 Å². The molecule has 128 valence electrons. The van der Waals surface area contributed by atoms with Gasteiger partial charge in [-0.15, -0.1) is 0 Å². The molecule has 1 amide bonds. The number of alkyl halides is 3. The standard InChI is InChI=1S/C12H10F3N5O4/c13-12(14,15)7-1-2-9(22)20(19-7)4-3-16-10(23)6-5-8(21)18-11(24)17-6/h1-2,5H,3-4H2,(H,16,23)(H2,17,18,21,24). The quantitative estimate of drug-likeness (QED) is 0.659. The highest BCUT2D eigenvalue weighted by molar-refractivity contribution is 5.91. The summed E-state index contributed by atoms with van der Waals surface area (Å²) in [6.07, 6.45) is -4.71. The predicted octanol–water partition coefficient (Wildman–Crippen LogP) is -0.931. The third-order valence-electron chi connectivity index (χ3n) is 2.77. The Balaban J connectivity index is 2.06. The largest absolute Gasteiger partial charge is 0.435 e. The maximum Gasteiger partial charge on any atom is 0.435 e. The van der Waals surface area contributed by atoms with E-state index in [-0.39, 0.29) is 18.8 Å². The summed E-state index contributed by atoms with van der Waals surface area (Å²) in [6, 6.07) is 2.11. The van der Waals surface area contributed by atoms with Crippen molar-refractivity contribution in [2.45, 2.75) is 12.7 Å². The first-order chi connectivity index (χ1) is 11.2. The molecule has 24 heavy (non-hydrogen) atoms. The molecule has 0 saturated heterocycles. The Morgan fingerprint density at radius 3 is 2.54 bits per heavy atom. The van der Waals surface area contributed by atoms with Gasteiger partial charge in [-0.1, -0.05) is 0 Å². The molecule has 0 bridgehead atoms. The van der Waals surface area contributed by atoms with Gasteiger partial charge < -0.3 is 10.3 Å². The van der Waals surface area contributed by atoms with E-state index in [1.165, 1.54) is 0 Å². The van der Waals surface area contributed by atoms with E-state index in [1.807, 2.05) is 4.98 Å². The average Bonchev–Trinajstić information content (AvgIpc) is 2.46. The van der Waals surface area contributed by atoms with Gasteiger partial charge in [0.05, 0.1) is 6.54 Å². The first-order valence-electron chi connectivity index (χ1n) is 6.44. The molecule has 0 unspecified atom stereocenters. The summed E-state index contributed by atoms with van der Waals surface area (Å²) in [6.45, 7) is -0.580. The minimum absolute atomic E-state index is 0.248. The lowest BCUT2D eigenvalue weighted by Gasteiger charge is -2.09. The van der Waals surface area contributed by atoms with Crippen LogP contribution in [-0.2, 0) is 12.7 Å². The van der Waals surface area contributed by atoms with Gasteiger partial charge in [0.2, 0.25) is 0 Å². The second-order valence-corrected chi connectivity index (χ2v) is 4.54. The predicted molar refractivity (Wildman–Crippen MR) is 73.5 cm³/mol. The number of H-pyrrole nitrogens is 2. The first kappa shape index (κ1) is 17.2. The lowest BCUT2D eigenvalue weighted by atomic mass is 10.3. The number of aromatic nitrogens is 4. The van der Waals surface area contributed by atoms with Crippen LogP contribution < -0.4 is 22.1 Å². The molecule has 0 radical (unpaired) electrons. The highest BCUT2D eigenvalue weighted by atomic mass is 19.4. The monoisotopic (exact) mass is 345 g/mol. The molecule has 0 aromatic carbocycles. The lowest BCUT2D eigenvalue weighted by molar-refractivity contribution is -0.142. The molecule has 2 rings (SSSR count). The van der Waals surface area contributed by atoms with Crippen molar-refractivity contribution < 1.29 is 18.0 Å². The molecule has 0 saturated carbocycles. The van der Waals surface area contributed by atoms with E-state index >= 15 is 0 Å². The van der Waals surface area contributed by atoms with Crippen molar-refractivity contribution in [3.05, 3.63) is 60.8 Å². The fourth-order valence-corrected chi connectivity index (χ4v) is 1.72. The van der Waals surface area contributed by atoms with Crippen LogP contribution in [0.3, 0.4) is 0 Å². The van der Waals surface area contributed by atoms with Crippen molar-refractivity contribution in [1.82, 2.24) is 25.1 Å². The summed E-state index contributed by atoms with van der Waals surface area (Å²) < 4.78 is 38.1. The van der Waals surface area contributed by atoms with Gasteiger partial charge in [-0.3, -0.25) is 19.4 Å². The molecule has 12 heteroatoms. The summed E-state index contributed by atoms with van der Waals surface area (Å²) in [4.78, 5) is 49.2. The Morgan fingerprint density at radius 1 is 1.21 bits per heavy atom. The van der Waals surface area contributed by atoms with Crippen LogP contribution in [0.25, 0.3) is 0 Å². The van der Waals surface area contributed by atoms with Gasteiger partial charge in [0.1, 0.15) is 5.69 Å². The van der Waals surface area contributed by atoms with Crippen molar-refractivity contribution in [2.75, 3.05) is 6.54 Å². The molecule has 0 atom stereocenters. The minimum Gasteiger partial charge on any atom is -0.349 e. The van der Waals surface area contributed by atoms with Crippen molar-refractivity contribution in [1.29, 1.82) is 0 Å². The van der Waals surface area contributed by atoms with Crippen LogP contribution in [0.4, 0.5) is 13.2 Å². The Bertz CT molecular complexity index is 899. The zero-order valence-electron chi connectivity index (χ0n) is 11.8. The fraction of sp³-hybridized carbons (Fsp3) is 0.250. The number of halogens is 3. The van der Waals surface area contributed by atoms with Gasteiger partial charge in [0, 0.05) is 18.7 Å². The Hall–Kier alpha value is -3.18. The smallest absolute Gasteiger partial charge is 0.349 e. The second kappa shape index (κ2) is 6.52. The molecule has 2 heterocycles. The van der Waals surface area contributed by atoms with Crippen molar-refractivity contribution in [3.8, 4) is 0 Å². The number of rotatable bonds is 4. The van der Waals surface area contributed by atoms with E-state index in [2.05, 4.69) is 15.4 Å². The third kappa shape index (κ3) is 4.18. The van der Waals surface area contributed by atoms with Crippen LogP contribution in [0.5, 0.6) is 0 Å². The SMILES string of the molecule is O=C(NCCn1nc(C(F)(F)F)ccc1=O)c1cc(=O)[nH]c(=O)[nH]1. The van der Waals surface area contributed by atoms with Gasteiger partial charge in [-0.25, -0.2) is 9.48 Å². The first-order valence-corrected chi connectivity index (χ1v) is 6.44. The molecule has 9 nitrogen and oxygen atoms in total. The van der Waals surface area contributed by atoms with E-state index in [9.17, 15) is 32.3 Å². The van der Waals surface area contributed by atoms with E-state index in [0.717, 1.165) is 6.07 Å². The summed E-state index contributed by atoms with van der Waals surface area (Å²) in [5, 5.41) is 5.40. The molecule has 0 aliphatic rings. The van der Waals surface area contributed by atoms with E-state index in [4.69, 9.17) is 0 Å². The number of hydrogen-bond donors (Lipinski definition) is 3. The third-order valence-corrected chi connectivity index (χ3v) is 2.77. The van der Waals surface area contributed by atoms with Crippen molar-refractivity contribution in [3.63, 3.8) is 0 Å². The Labute approximate surface area is 130 Å². The van der Waals surface area contributed by atoms with Crippen molar-refractivity contribution >= 4 is 5.91 Å². The number of carbonyl (C=O) groups is 1. The average molecular weight is 345 g/mol. The molecular weight excluding hydrogens is 335 g/mol. The van der Waals surface area contributed by atoms with E-state index < -0.39 is 34.6 Å². The zero-order chi connectivity index (χ0) is 17.9. The van der Waals surface area contributed by atoms with Crippen LogP contribution in [-0.4, -0.2) is 32.2 Å². The lowest BCUT2D eigenvalue weighted by Crippen LogP contribution is -2.35. The number of amides is 1. The fourth-order valence-electron chi connectivity index (χ4n) is 1.72. The van der Waals surface area contributed by atoms with Crippen LogP contribution in [0.15, 0.2) is 32.6 Å². The van der Waals surface area contributed by atoms with Crippen LogP contribution in [0.1, 0.15) is 16.2 Å². The molecule has 2 aromatic rings. The van der Waals surface area contributed by atoms with Gasteiger partial charge >= 0.3 is 11.9 Å². The van der Waals surface area contributed by atoms with E-state index in [0.29, 0.717) is 16.8 Å². The number of nitrogens with zero attached hydrogens (tertiary/aromatic N) is 2. The number of aromatic amines is 2. The second-order valence-electron chi connectivity index (χ2n) is 4.54. The summed E-state index contributed by atoms with van der Waals surface area (Å²) in [5.74, 6) is -0.835. The molecule has 0 spiro atoms. The normalized spacial score (nSPS) is 11.3. The number of carbonyl (C=O) groups excluding carboxylic acids is 1. The van der Waals surface area contributed by atoms with Gasteiger partial charge in [-0.2, -0.15) is 18.3 Å². The van der Waals surface area contributed by atoms with Gasteiger partial charge in [0.15, 0.2) is 5.69 Å². The summed E-state index contributed by atoms with van der Waals surface area (Å²) in [5.41, 5.74) is -4.02. The Morgan fingerprint density at radius 2 is 1.92 bits per heavy atom. The summed E-state index contributed by atoms with van der Waals surface area (Å²) in [7, 11) is 0. The van der Waals surface area contributed by atoms with Gasteiger partial charge in [0.25, 0.3) is 17.0 Å². The molecular formula is C12H10F3N5O4. The minimum atomic E-state index is -4.71. The van der Waals surface area contributed by atoms with Crippen LogP contribution in [0.2, 0.25) is 0 Å². The maximum absolute atomic E-state index is 12.5. The Kier molecular flexibility index (Phi) is 4.66. The van der Waals surface area contributed by atoms with Crippen LogP contribution >= 0.6 is 0 Å². The zero-order valence-corrected chi connectivity index (χ0v) is 11.8. The molecule has 3 N–H and O–H groups in total. The molecule has 0 fully saturated rings. The number of nitrogens with one attached hydrogen (secondary N) is 3. The highest BCUT2D eigenvalue weighted by Crippen LogP contribution is 2.26. The van der Waals surface area contributed by atoms with Crippen LogP contribution in [0, 0.1) is 0 Å². The number of hydrogen-bond acceptors (Lipinski definition) is 5. The molecule has 2 aromatic heterocycles. The van der Waals surface area contributed by atoms with Crippen molar-refractivity contribution in [2.24, 2.45) is 0 Å². The van der Waals surface area contributed by atoms with Gasteiger partial charge in [-0.05, 0) is 6.07 Å². The highest BCUT2D eigenvalue weighted by Gasteiger charge is 2.33.